The van der Waals surface area contributed by atoms with E-state index >= 15 is 0 Å². The summed E-state index contributed by atoms with van der Waals surface area (Å²) in [5.41, 5.74) is 0. The molecule has 1 N–H and O–H groups in total. The van der Waals surface area contributed by atoms with Gasteiger partial charge in [0.2, 0.25) is 0 Å². The molecule has 0 amide bonds. The van der Waals surface area contributed by atoms with Gasteiger partial charge in [-0.05, 0) is 12.8 Å². The molecule has 1 fully saturated rings. The molecule has 0 bridgehead atoms. The van der Waals surface area contributed by atoms with Crippen LogP contribution in [-0.4, -0.2) is 35.1 Å². The minimum atomic E-state index is -0.854. The van der Waals surface area contributed by atoms with Crippen LogP contribution >= 0.6 is 0 Å². The molecule has 1 rings (SSSR count). The average molecular weight is 154 g/mol. The molecule has 11 heavy (non-hydrogen) atoms. The van der Waals surface area contributed by atoms with Crippen LogP contribution in [0.4, 0.5) is 0 Å². The van der Waals surface area contributed by atoms with Gasteiger partial charge >= 0.3 is 5.97 Å². The van der Waals surface area contributed by atoms with Crippen molar-refractivity contribution >= 4 is 5.97 Å². The van der Waals surface area contributed by atoms with Crippen molar-refractivity contribution in [3.05, 3.63) is 0 Å². The Morgan fingerprint density at radius 3 is 2.73 bits per heavy atom. The maximum Gasteiger partial charge on any atom is 0.317 e. The van der Waals surface area contributed by atoms with Crippen molar-refractivity contribution in [2.45, 2.75) is 18.9 Å². The van der Waals surface area contributed by atoms with Crippen LogP contribution in [0.3, 0.4) is 0 Å². The van der Waals surface area contributed by atoms with E-state index in [2.05, 4.69) is 0 Å². The van der Waals surface area contributed by atoms with Gasteiger partial charge in [0.25, 0.3) is 0 Å². The molecule has 0 aliphatic heterocycles. The van der Waals surface area contributed by atoms with Crippen LogP contribution in [0, 0.1) is 11.3 Å². The van der Waals surface area contributed by atoms with Gasteiger partial charge in [0, 0.05) is 6.04 Å². The van der Waals surface area contributed by atoms with Gasteiger partial charge in [-0.1, -0.05) is 0 Å². The SMILES string of the molecule is N#CCN(CC(=O)O)C1CC1. The Hall–Kier alpha value is -1.08. The molecule has 0 atom stereocenters. The summed E-state index contributed by atoms with van der Waals surface area (Å²) in [7, 11) is 0. The van der Waals surface area contributed by atoms with Crippen LogP contribution in [0.5, 0.6) is 0 Å². The Balaban J connectivity index is 2.33. The number of carboxylic acids is 1. The second-order valence-corrected chi connectivity index (χ2v) is 2.69. The molecule has 60 valence electrons. The third-order valence-corrected chi connectivity index (χ3v) is 1.68. The summed E-state index contributed by atoms with van der Waals surface area (Å²) in [6.45, 7) is 0.231. The number of nitriles is 1. The number of aliphatic carboxylic acids is 1. The molecule has 1 aliphatic rings. The van der Waals surface area contributed by atoms with E-state index in [4.69, 9.17) is 10.4 Å². The van der Waals surface area contributed by atoms with Crippen molar-refractivity contribution in [1.29, 1.82) is 5.26 Å². The number of nitrogens with zero attached hydrogens (tertiary/aromatic N) is 2. The third kappa shape index (κ3) is 2.56. The summed E-state index contributed by atoms with van der Waals surface area (Å²) in [6, 6.07) is 2.31. The van der Waals surface area contributed by atoms with E-state index in [1.54, 1.807) is 4.90 Å². The minimum Gasteiger partial charge on any atom is -0.480 e. The highest BCUT2D eigenvalue weighted by molar-refractivity contribution is 5.69. The standard InChI is InChI=1S/C7H10N2O2/c8-3-4-9(5-7(10)11)6-1-2-6/h6H,1-2,4-5H2,(H,10,11). The third-order valence-electron chi connectivity index (χ3n) is 1.68. The van der Waals surface area contributed by atoms with Gasteiger partial charge in [0.15, 0.2) is 0 Å². The molecular formula is C7H10N2O2. The largest absolute Gasteiger partial charge is 0.480 e. The fourth-order valence-corrected chi connectivity index (χ4v) is 1.02. The predicted molar refractivity (Wildman–Crippen MR) is 37.8 cm³/mol. The summed E-state index contributed by atoms with van der Waals surface area (Å²) >= 11 is 0. The molecule has 0 spiro atoms. The maximum absolute atomic E-state index is 10.3. The zero-order valence-corrected chi connectivity index (χ0v) is 6.16. The molecule has 1 saturated carbocycles. The summed E-state index contributed by atoms with van der Waals surface area (Å²) in [6.07, 6.45) is 2.07. The first-order valence-electron chi connectivity index (χ1n) is 3.57. The lowest BCUT2D eigenvalue weighted by Crippen LogP contribution is -2.31. The molecule has 4 nitrogen and oxygen atoms in total. The Kier molecular flexibility index (Phi) is 2.44. The van der Waals surface area contributed by atoms with Crippen molar-refractivity contribution in [2.24, 2.45) is 0 Å². The summed E-state index contributed by atoms with van der Waals surface area (Å²) in [4.78, 5) is 12.0. The smallest absolute Gasteiger partial charge is 0.317 e. The number of rotatable bonds is 4. The Labute approximate surface area is 65.0 Å². The van der Waals surface area contributed by atoms with E-state index in [9.17, 15) is 4.79 Å². The second kappa shape index (κ2) is 3.35. The van der Waals surface area contributed by atoms with Gasteiger partial charge in [-0.3, -0.25) is 9.69 Å². The van der Waals surface area contributed by atoms with E-state index < -0.39 is 5.97 Å². The lowest BCUT2D eigenvalue weighted by molar-refractivity contribution is -0.138. The lowest BCUT2D eigenvalue weighted by Gasteiger charge is -2.14. The van der Waals surface area contributed by atoms with E-state index in [1.807, 2.05) is 6.07 Å². The van der Waals surface area contributed by atoms with Gasteiger partial charge in [0.05, 0.1) is 19.2 Å². The topological polar surface area (TPSA) is 64.3 Å². The number of carbonyl (C=O) groups is 1. The van der Waals surface area contributed by atoms with E-state index in [0.29, 0.717) is 6.04 Å². The number of hydrogen-bond donors (Lipinski definition) is 1. The molecule has 0 saturated heterocycles. The monoisotopic (exact) mass is 154 g/mol. The van der Waals surface area contributed by atoms with Gasteiger partial charge in [0.1, 0.15) is 0 Å². The van der Waals surface area contributed by atoms with Crippen LogP contribution in [-0.2, 0) is 4.79 Å². The van der Waals surface area contributed by atoms with Crippen molar-refractivity contribution in [3.8, 4) is 6.07 Å². The first kappa shape index (κ1) is 8.02. The summed E-state index contributed by atoms with van der Waals surface area (Å²) in [5.74, 6) is -0.854. The first-order chi connectivity index (χ1) is 5.24. The molecule has 0 aromatic heterocycles. The van der Waals surface area contributed by atoms with Crippen LogP contribution in [0.1, 0.15) is 12.8 Å². The van der Waals surface area contributed by atoms with Gasteiger partial charge in [-0.15, -0.1) is 0 Å². The summed E-state index contributed by atoms with van der Waals surface area (Å²) < 4.78 is 0. The van der Waals surface area contributed by atoms with Crippen molar-refractivity contribution in [2.75, 3.05) is 13.1 Å². The fourth-order valence-electron chi connectivity index (χ4n) is 1.02. The van der Waals surface area contributed by atoms with Crippen LogP contribution in [0.25, 0.3) is 0 Å². The molecular weight excluding hydrogens is 144 g/mol. The minimum absolute atomic E-state index is 0.00176. The van der Waals surface area contributed by atoms with Gasteiger partial charge < -0.3 is 5.11 Å². The molecule has 0 radical (unpaired) electrons. The average Bonchev–Trinajstić information content (AvgIpc) is 2.66. The van der Waals surface area contributed by atoms with Gasteiger partial charge in [-0.2, -0.15) is 5.26 Å². The zero-order chi connectivity index (χ0) is 8.27. The van der Waals surface area contributed by atoms with E-state index in [1.165, 1.54) is 0 Å². The predicted octanol–water partition coefficient (Wildman–Crippen LogP) is 0.0590. The highest BCUT2D eigenvalue weighted by Crippen LogP contribution is 2.25. The van der Waals surface area contributed by atoms with Crippen LogP contribution in [0.2, 0.25) is 0 Å². The molecule has 1 aliphatic carbocycles. The van der Waals surface area contributed by atoms with Crippen molar-refractivity contribution in [3.63, 3.8) is 0 Å². The number of hydrogen-bond acceptors (Lipinski definition) is 3. The normalized spacial score (nSPS) is 16.4. The van der Waals surface area contributed by atoms with Crippen LogP contribution in [0.15, 0.2) is 0 Å². The van der Waals surface area contributed by atoms with Crippen LogP contribution < -0.4 is 0 Å². The second-order valence-electron chi connectivity index (χ2n) is 2.69. The Bertz CT molecular complexity index is 193. The molecule has 0 aromatic rings. The fraction of sp³-hybridized carbons (Fsp3) is 0.714. The maximum atomic E-state index is 10.3. The van der Waals surface area contributed by atoms with Crippen molar-refractivity contribution in [1.82, 2.24) is 4.90 Å². The zero-order valence-electron chi connectivity index (χ0n) is 6.16. The number of carboxylic acid groups (broad SMARTS) is 1. The van der Waals surface area contributed by atoms with E-state index in [0.717, 1.165) is 12.8 Å². The molecule has 0 unspecified atom stereocenters. The summed E-state index contributed by atoms with van der Waals surface area (Å²) in [5, 5.41) is 16.8. The van der Waals surface area contributed by atoms with Crippen molar-refractivity contribution < 1.29 is 9.90 Å². The van der Waals surface area contributed by atoms with E-state index in [-0.39, 0.29) is 13.1 Å². The molecule has 4 heteroatoms. The Morgan fingerprint density at radius 2 is 2.36 bits per heavy atom. The first-order valence-corrected chi connectivity index (χ1v) is 3.57. The lowest BCUT2D eigenvalue weighted by atomic mass is 10.4. The highest BCUT2D eigenvalue weighted by atomic mass is 16.4. The molecule has 0 aromatic carbocycles. The highest BCUT2D eigenvalue weighted by Gasteiger charge is 2.29. The quantitative estimate of drug-likeness (QED) is 0.581. The Morgan fingerprint density at radius 1 is 1.73 bits per heavy atom. The van der Waals surface area contributed by atoms with Gasteiger partial charge in [-0.25, -0.2) is 0 Å². The molecule has 0 heterocycles.